The van der Waals surface area contributed by atoms with Crippen molar-refractivity contribution in [2.75, 3.05) is 32.0 Å². The molecule has 3 N–H and O–H groups in total. The third-order valence-corrected chi connectivity index (χ3v) is 8.60. The van der Waals surface area contributed by atoms with Crippen molar-refractivity contribution in [1.82, 2.24) is 5.32 Å². The number of rotatable bonds is 13. The molecule has 0 aromatic heterocycles. The van der Waals surface area contributed by atoms with Crippen LogP contribution < -0.4 is 30.2 Å². The molecule has 0 bridgehead atoms. The lowest BCUT2D eigenvalue weighted by molar-refractivity contribution is -0.116. The normalized spacial score (nSPS) is 11.7. The number of carbonyl (C=O) groups excluding carboxylic acids is 3. The highest BCUT2D eigenvalue weighted by Crippen LogP contribution is 2.39. The van der Waals surface area contributed by atoms with Gasteiger partial charge in [-0.3, -0.25) is 14.4 Å². The van der Waals surface area contributed by atoms with Gasteiger partial charge in [-0.2, -0.15) is 0 Å². The summed E-state index contributed by atoms with van der Waals surface area (Å²) >= 11 is 4.49. The maximum absolute atomic E-state index is 14.3. The number of hydrogen-bond donors (Lipinski definition) is 3. The Labute approximate surface area is 285 Å². The van der Waals surface area contributed by atoms with Crippen molar-refractivity contribution in [3.63, 3.8) is 0 Å². The second kappa shape index (κ2) is 16.7. The first-order valence-electron chi connectivity index (χ1n) is 14.4. The highest BCUT2D eigenvalue weighted by atomic mass is 79.9. The van der Waals surface area contributed by atoms with E-state index in [1.54, 1.807) is 72.8 Å². The Hall–Kier alpha value is -4.81. The fourth-order valence-corrected chi connectivity index (χ4v) is 5.78. The molecule has 3 amide bonds. The number of hydrogen-bond acceptors (Lipinski definition) is 7. The molecule has 0 aliphatic carbocycles. The molecule has 0 fully saturated rings. The highest BCUT2D eigenvalue weighted by Gasteiger charge is 2.21. The van der Waals surface area contributed by atoms with Crippen molar-refractivity contribution in [3.8, 4) is 17.2 Å². The Morgan fingerprint density at radius 1 is 0.872 bits per heavy atom. The average Bonchev–Trinajstić information content (AvgIpc) is 3.08. The largest absolute Gasteiger partial charge is 0.493 e. The molecular formula is C35H33BrFN3O6S. The van der Waals surface area contributed by atoms with E-state index < -0.39 is 22.9 Å². The molecule has 0 radical (unpaired) electrons. The minimum atomic E-state index is -0.597. The first-order valence-corrected chi connectivity index (χ1v) is 16.0. The van der Waals surface area contributed by atoms with Gasteiger partial charge in [-0.1, -0.05) is 47.1 Å². The third-order valence-electron chi connectivity index (χ3n) is 6.75. The molecule has 0 aliphatic rings. The van der Waals surface area contributed by atoms with Crippen LogP contribution in [0.15, 0.2) is 100.0 Å². The zero-order valence-electron chi connectivity index (χ0n) is 26.1. The molecule has 1 unspecified atom stereocenters. The van der Waals surface area contributed by atoms with Crippen molar-refractivity contribution in [3.05, 3.63) is 112 Å². The molecule has 0 saturated heterocycles. The van der Waals surface area contributed by atoms with Crippen LogP contribution in [-0.4, -0.2) is 44.3 Å². The molecule has 0 aliphatic heterocycles. The fraction of sp³-hybridized carbons (Fsp3) is 0.171. The molecule has 0 heterocycles. The summed E-state index contributed by atoms with van der Waals surface area (Å²) in [5, 5.41) is 7.66. The molecular weight excluding hydrogens is 689 g/mol. The molecule has 4 aromatic carbocycles. The number of methoxy groups -OCH3 is 3. The second-order valence-electron chi connectivity index (χ2n) is 9.95. The molecule has 12 heteroatoms. The van der Waals surface area contributed by atoms with Gasteiger partial charge in [0.05, 0.1) is 32.3 Å². The van der Waals surface area contributed by atoms with E-state index in [9.17, 15) is 18.8 Å². The Balaban J connectivity index is 1.58. The minimum Gasteiger partial charge on any atom is -0.493 e. The van der Waals surface area contributed by atoms with Gasteiger partial charge in [0.1, 0.15) is 11.5 Å². The Morgan fingerprint density at radius 3 is 2.19 bits per heavy atom. The van der Waals surface area contributed by atoms with E-state index in [0.29, 0.717) is 49.9 Å². The zero-order valence-corrected chi connectivity index (χ0v) is 28.5. The smallest absolute Gasteiger partial charge is 0.272 e. The number of amides is 3. The molecule has 0 spiro atoms. The van der Waals surface area contributed by atoms with E-state index in [4.69, 9.17) is 14.2 Å². The Bertz CT molecular complexity index is 1760. The fourth-order valence-electron chi connectivity index (χ4n) is 4.43. The van der Waals surface area contributed by atoms with Gasteiger partial charge in [-0.25, -0.2) is 4.39 Å². The maximum Gasteiger partial charge on any atom is 0.272 e. The Morgan fingerprint density at radius 2 is 1.57 bits per heavy atom. The summed E-state index contributed by atoms with van der Waals surface area (Å²) in [5.41, 5.74) is 1.33. The summed E-state index contributed by atoms with van der Waals surface area (Å²) in [6.07, 6.45) is 1.97. The minimum absolute atomic E-state index is 0.0477. The van der Waals surface area contributed by atoms with Crippen LogP contribution in [0.5, 0.6) is 17.2 Å². The second-order valence-corrected chi connectivity index (χ2v) is 12.1. The van der Waals surface area contributed by atoms with E-state index in [0.717, 1.165) is 0 Å². The summed E-state index contributed by atoms with van der Waals surface area (Å²) < 4.78 is 31.2. The zero-order chi connectivity index (χ0) is 33.9. The number of thioether (sulfide) groups is 1. The average molecular weight is 723 g/mol. The highest BCUT2D eigenvalue weighted by molar-refractivity contribution is 9.10. The number of nitrogens with one attached hydrogen (secondary N) is 3. The lowest BCUT2D eigenvalue weighted by Crippen LogP contribution is -2.30. The molecule has 0 saturated carbocycles. The number of ether oxygens (including phenoxy) is 3. The van der Waals surface area contributed by atoms with Gasteiger partial charge in [0.2, 0.25) is 11.7 Å². The van der Waals surface area contributed by atoms with Gasteiger partial charge in [0.15, 0.2) is 11.5 Å². The van der Waals surface area contributed by atoms with Gasteiger partial charge in [0.25, 0.3) is 11.8 Å². The van der Waals surface area contributed by atoms with E-state index in [2.05, 4.69) is 31.9 Å². The van der Waals surface area contributed by atoms with Crippen LogP contribution in [-0.2, 0) is 9.59 Å². The quantitative estimate of drug-likeness (QED) is 0.0966. The number of benzene rings is 4. The predicted molar refractivity (Wildman–Crippen MR) is 186 cm³/mol. The topological polar surface area (TPSA) is 115 Å². The van der Waals surface area contributed by atoms with Crippen LogP contribution in [0.4, 0.5) is 15.8 Å². The summed E-state index contributed by atoms with van der Waals surface area (Å²) in [6.45, 7) is 1.86. The summed E-state index contributed by atoms with van der Waals surface area (Å²) in [5.74, 6) is -0.867. The first-order chi connectivity index (χ1) is 22.6. The van der Waals surface area contributed by atoms with Crippen molar-refractivity contribution in [2.24, 2.45) is 0 Å². The summed E-state index contributed by atoms with van der Waals surface area (Å²) in [7, 11) is 4.44. The molecule has 4 aromatic rings. The van der Waals surface area contributed by atoms with Crippen molar-refractivity contribution >= 4 is 62.9 Å². The van der Waals surface area contributed by atoms with Gasteiger partial charge >= 0.3 is 0 Å². The molecule has 1 atom stereocenters. The molecule has 244 valence electrons. The SMILES string of the molecule is CCC(Sc1cccc(NC(=O)/C(=C\c2cc(OC)c(OC)c(OC)c2)NC(=O)c2ccccc2)c1)C(=O)Nc1ccc(Br)cc1F. The van der Waals surface area contributed by atoms with E-state index >= 15 is 0 Å². The van der Waals surface area contributed by atoms with Crippen molar-refractivity contribution in [2.45, 2.75) is 23.5 Å². The molecule has 47 heavy (non-hydrogen) atoms. The molecule has 4 rings (SSSR count). The van der Waals surface area contributed by atoms with Gasteiger partial charge < -0.3 is 30.2 Å². The Kier molecular flexibility index (Phi) is 12.4. The monoisotopic (exact) mass is 721 g/mol. The number of halogens is 2. The lowest BCUT2D eigenvalue weighted by atomic mass is 10.1. The van der Waals surface area contributed by atoms with Crippen molar-refractivity contribution < 1.29 is 33.0 Å². The van der Waals surface area contributed by atoms with Gasteiger partial charge in [-0.05, 0) is 78.7 Å². The predicted octanol–water partition coefficient (Wildman–Crippen LogP) is 7.53. The van der Waals surface area contributed by atoms with Crippen LogP contribution >= 0.6 is 27.7 Å². The lowest BCUT2D eigenvalue weighted by Gasteiger charge is -2.16. The molecule has 9 nitrogen and oxygen atoms in total. The van der Waals surface area contributed by atoms with Crippen LogP contribution in [0.3, 0.4) is 0 Å². The van der Waals surface area contributed by atoms with Crippen LogP contribution in [0.1, 0.15) is 29.3 Å². The first kappa shape index (κ1) is 35.1. The van der Waals surface area contributed by atoms with Gasteiger partial charge in [-0.15, -0.1) is 11.8 Å². The van der Waals surface area contributed by atoms with Crippen LogP contribution in [0, 0.1) is 5.82 Å². The third kappa shape index (κ3) is 9.36. The van der Waals surface area contributed by atoms with Crippen LogP contribution in [0.2, 0.25) is 0 Å². The van der Waals surface area contributed by atoms with Gasteiger partial charge in [0, 0.05) is 20.6 Å². The van der Waals surface area contributed by atoms with E-state index in [1.165, 1.54) is 51.3 Å². The number of anilines is 2. The van der Waals surface area contributed by atoms with E-state index in [1.807, 2.05) is 6.92 Å². The standard InChI is InChI=1S/C35H33BrFN3O6S/c1-5-31(35(43)39-27-15-14-23(36)19-26(27)37)47-25-13-9-12-24(20-25)38-34(42)28(40-33(41)22-10-7-6-8-11-22)16-21-17-29(44-2)32(46-4)30(18-21)45-3/h6-20,31H,5H2,1-4H3,(H,38,42)(H,39,43)(H,40,41)/b28-16+. The number of carbonyl (C=O) groups is 3. The summed E-state index contributed by atoms with van der Waals surface area (Å²) in [6, 6.07) is 23.2. The van der Waals surface area contributed by atoms with Crippen molar-refractivity contribution in [1.29, 1.82) is 0 Å². The summed E-state index contributed by atoms with van der Waals surface area (Å²) in [4.78, 5) is 40.5. The maximum atomic E-state index is 14.3. The van der Waals surface area contributed by atoms with Crippen LogP contribution in [0.25, 0.3) is 6.08 Å². The van der Waals surface area contributed by atoms with E-state index in [-0.39, 0.29) is 17.3 Å².